The average Bonchev–Trinajstić information content (AvgIpc) is 2.40. The van der Waals surface area contributed by atoms with Crippen molar-refractivity contribution in [3.05, 3.63) is 18.0 Å². The fourth-order valence-corrected chi connectivity index (χ4v) is 1.79. The standard InChI is InChI=1S/C12H20N4O2/c1-10(17)6-13-7-11-8-14-12(15-9-11)16-2-4-18-5-3-16/h8-10,13,17H,2-7H2,1H3. The van der Waals surface area contributed by atoms with E-state index >= 15 is 0 Å². The van der Waals surface area contributed by atoms with Gasteiger partial charge in [0.05, 0.1) is 19.3 Å². The van der Waals surface area contributed by atoms with E-state index in [9.17, 15) is 0 Å². The number of aromatic nitrogens is 2. The van der Waals surface area contributed by atoms with E-state index in [1.807, 2.05) is 12.4 Å². The van der Waals surface area contributed by atoms with Crippen LogP contribution in [0.5, 0.6) is 0 Å². The van der Waals surface area contributed by atoms with Crippen LogP contribution in [0.25, 0.3) is 0 Å². The molecule has 18 heavy (non-hydrogen) atoms. The molecule has 2 N–H and O–H groups in total. The van der Waals surface area contributed by atoms with Crippen LogP contribution in [0.4, 0.5) is 5.95 Å². The molecule has 1 fully saturated rings. The van der Waals surface area contributed by atoms with E-state index in [0.29, 0.717) is 13.1 Å². The molecule has 0 radical (unpaired) electrons. The Balaban J connectivity index is 1.84. The summed E-state index contributed by atoms with van der Waals surface area (Å²) in [5.74, 6) is 0.762. The molecule has 2 heterocycles. The zero-order chi connectivity index (χ0) is 12.8. The highest BCUT2D eigenvalue weighted by Gasteiger charge is 2.13. The second kappa shape index (κ2) is 6.63. The second-order valence-corrected chi connectivity index (χ2v) is 4.47. The smallest absolute Gasteiger partial charge is 0.225 e. The van der Waals surface area contributed by atoms with Crippen LogP contribution in [0.2, 0.25) is 0 Å². The van der Waals surface area contributed by atoms with Gasteiger partial charge in [0.1, 0.15) is 0 Å². The van der Waals surface area contributed by atoms with Crippen LogP contribution >= 0.6 is 0 Å². The lowest BCUT2D eigenvalue weighted by Crippen LogP contribution is -2.37. The quantitative estimate of drug-likeness (QED) is 0.755. The predicted molar refractivity (Wildman–Crippen MR) is 68.5 cm³/mol. The normalized spacial score (nSPS) is 17.8. The Morgan fingerprint density at radius 1 is 1.39 bits per heavy atom. The van der Waals surface area contributed by atoms with E-state index in [0.717, 1.165) is 37.8 Å². The Morgan fingerprint density at radius 3 is 2.67 bits per heavy atom. The number of anilines is 1. The lowest BCUT2D eigenvalue weighted by atomic mass is 10.3. The second-order valence-electron chi connectivity index (χ2n) is 4.47. The monoisotopic (exact) mass is 252 g/mol. The van der Waals surface area contributed by atoms with Crippen molar-refractivity contribution in [2.45, 2.75) is 19.6 Å². The van der Waals surface area contributed by atoms with Crippen LogP contribution in [0.3, 0.4) is 0 Å². The van der Waals surface area contributed by atoms with Crippen LogP contribution < -0.4 is 10.2 Å². The summed E-state index contributed by atoms with van der Waals surface area (Å²) in [6, 6.07) is 0. The molecule has 1 aromatic rings. The molecular weight excluding hydrogens is 232 g/mol. The molecule has 1 saturated heterocycles. The van der Waals surface area contributed by atoms with E-state index in [-0.39, 0.29) is 6.10 Å². The highest BCUT2D eigenvalue weighted by Crippen LogP contribution is 2.09. The van der Waals surface area contributed by atoms with E-state index in [2.05, 4.69) is 20.2 Å². The van der Waals surface area contributed by atoms with Gasteiger partial charge < -0.3 is 20.1 Å². The van der Waals surface area contributed by atoms with Gasteiger partial charge in [-0.1, -0.05) is 0 Å². The molecule has 100 valence electrons. The van der Waals surface area contributed by atoms with Crippen LogP contribution in [0.15, 0.2) is 12.4 Å². The Morgan fingerprint density at radius 2 is 2.06 bits per heavy atom. The molecule has 6 nitrogen and oxygen atoms in total. The molecule has 1 atom stereocenters. The van der Waals surface area contributed by atoms with Crippen molar-refractivity contribution in [1.29, 1.82) is 0 Å². The minimum atomic E-state index is -0.335. The maximum Gasteiger partial charge on any atom is 0.225 e. The Kier molecular flexibility index (Phi) is 4.86. The van der Waals surface area contributed by atoms with E-state index in [1.54, 1.807) is 6.92 Å². The number of ether oxygens (including phenoxy) is 1. The van der Waals surface area contributed by atoms with Crippen LogP contribution in [0, 0.1) is 0 Å². The van der Waals surface area contributed by atoms with Crippen LogP contribution in [0.1, 0.15) is 12.5 Å². The maximum atomic E-state index is 9.13. The molecule has 0 aromatic carbocycles. The van der Waals surface area contributed by atoms with Crippen molar-refractivity contribution in [2.24, 2.45) is 0 Å². The van der Waals surface area contributed by atoms with Crippen molar-refractivity contribution in [2.75, 3.05) is 37.7 Å². The van der Waals surface area contributed by atoms with E-state index in [4.69, 9.17) is 9.84 Å². The van der Waals surface area contributed by atoms with Gasteiger partial charge in [-0.2, -0.15) is 0 Å². The summed E-state index contributed by atoms with van der Waals surface area (Å²) in [4.78, 5) is 10.8. The highest BCUT2D eigenvalue weighted by atomic mass is 16.5. The number of hydrogen-bond donors (Lipinski definition) is 2. The third kappa shape index (κ3) is 3.90. The summed E-state index contributed by atoms with van der Waals surface area (Å²) in [5, 5.41) is 12.3. The molecule has 1 aliphatic rings. The van der Waals surface area contributed by atoms with Gasteiger partial charge in [0.15, 0.2) is 0 Å². The summed E-state index contributed by atoms with van der Waals surface area (Å²) in [6.45, 7) is 6.17. The first-order valence-corrected chi connectivity index (χ1v) is 6.28. The summed E-state index contributed by atoms with van der Waals surface area (Å²) in [6.07, 6.45) is 3.32. The number of nitrogens with one attached hydrogen (secondary N) is 1. The van der Waals surface area contributed by atoms with Gasteiger partial charge in [0.25, 0.3) is 0 Å². The summed E-state index contributed by atoms with van der Waals surface area (Å²) >= 11 is 0. The Hall–Kier alpha value is -1.24. The largest absolute Gasteiger partial charge is 0.392 e. The van der Waals surface area contributed by atoms with Crippen molar-refractivity contribution < 1.29 is 9.84 Å². The first-order valence-electron chi connectivity index (χ1n) is 6.28. The average molecular weight is 252 g/mol. The summed E-state index contributed by atoms with van der Waals surface area (Å²) in [7, 11) is 0. The Labute approximate surface area is 107 Å². The summed E-state index contributed by atoms with van der Waals surface area (Å²) in [5.41, 5.74) is 1.02. The number of rotatable bonds is 5. The minimum absolute atomic E-state index is 0.335. The molecule has 1 aliphatic heterocycles. The van der Waals surface area contributed by atoms with Crippen molar-refractivity contribution in [3.63, 3.8) is 0 Å². The fourth-order valence-electron chi connectivity index (χ4n) is 1.79. The van der Waals surface area contributed by atoms with Crippen LogP contribution in [-0.2, 0) is 11.3 Å². The number of morpholine rings is 1. The third-order valence-electron chi connectivity index (χ3n) is 2.75. The van der Waals surface area contributed by atoms with Crippen LogP contribution in [-0.4, -0.2) is 54.0 Å². The molecule has 1 aromatic heterocycles. The predicted octanol–water partition coefficient (Wildman–Crippen LogP) is -0.216. The molecule has 2 rings (SSSR count). The van der Waals surface area contributed by atoms with Crippen molar-refractivity contribution in [1.82, 2.24) is 15.3 Å². The SMILES string of the molecule is CC(O)CNCc1cnc(N2CCOCC2)nc1. The number of aliphatic hydroxyl groups excluding tert-OH is 1. The molecule has 6 heteroatoms. The van der Waals surface area contributed by atoms with E-state index < -0.39 is 0 Å². The minimum Gasteiger partial charge on any atom is -0.392 e. The molecule has 0 bridgehead atoms. The molecule has 0 aliphatic carbocycles. The number of nitrogens with zero attached hydrogens (tertiary/aromatic N) is 3. The van der Waals surface area contributed by atoms with Gasteiger partial charge in [0, 0.05) is 44.1 Å². The lowest BCUT2D eigenvalue weighted by Gasteiger charge is -2.26. The zero-order valence-corrected chi connectivity index (χ0v) is 10.7. The zero-order valence-electron chi connectivity index (χ0n) is 10.7. The first-order chi connectivity index (χ1) is 8.75. The Bertz CT molecular complexity index is 350. The summed E-state index contributed by atoms with van der Waals surface area (Å²) < 4.78 is 5.29. The lowest BCUT2D eigenvalue weighted by molar-refractivity contribution is 0.122. The highest BCUT2D eigenvalue weighted by molar-refractivity contribution is 5.30. The van der Waals surface area contributed by atoms with Gasteiger partial charge in [-0.25, -0.2) is 9.97 Å². The maximum absolute atomic E-state index is 9.13. The first kappa shape index (κ1) is 13.2. The van der Waals surface area contributed by atoms with E-state index in [1.165, 1.54) is 0 Å². The fraction of sp³-hybridized carbons (Fsp3) is 0.667. The van der Waals surface area contributed by atoms with Gasteiger partial charge in [-0.05, 0) is 6.92 Å². The third-order valence-corrected chi connectivity index (χ3v) is 2.75. The van der Waals surface area contributed by atoms with Crippen molar-refractivity contribution >= 4 is 5.95 Å². The topological polar surface area (TPSA) is 70.5 Å². The van der Waals surface area contributed by atoms with Gasteiger partial charge in [-0.15, -0.1) is 0 Å². The molecule has 1 unspecified atom stereocenters. The number of hydrogen-bond acceptors (Lipinski definition) is 6. The molecule has 0 amide bonds. The van der Waals surface area contributed by atoms with Gasteiger partial charge in [-0.3, -0.25) is 0 Å². The van der Waals surface area contributed by atoms with Crippen molar-refractivity contribution in [3.8, 4) is 0 Å². The molecule has 0 saturated carbocycles. The number of aliphatic hydroxyl groups is 1. The molecular formula is C12H20N4O2. The van der Waals surface area contributed by atoms with Gasteiger partial charge in [0.2, 0.25) is 5.95 Å². The van der Waals surface area contributed by atoms with Gasteiger partial charge >= 0.3 is 0 Å². The molecule has 0 spiro atoms.